The first-order valence-corrected chi connectivity index (χ1v) is 12.4. The molecular weight excluding hydrogens is 559 g/mol. The number of halogens is 1. The first-order valence-electron chi connectivity index (χ1n) is 11.3. The number of carboxylic acids is 1. The van der Waals surface area contributed by atoms with Gasteiger partial charge >= 0.3 is 12.1 Å². The fourth-order valence-corrected chi connectivity index (χ4v) is 5.07. The van der Waals surface area contributed by atoms with Gasteiger partial charge in [0.15, 0.2) is 0 Å². The van der Waals surface area contributed by atoms with E-state index in [-0.39, 0.29) is 30.4 Å². The Bertz CT molecular complexity index is 1290. The van der Waals surface area contributed by atoms with Gasteiger partial charge in [0.1, 0.15) is 6.61 Å². The zero-order valence-corrected chi connectivity index (χ0v) is 20.9. The number of nitrogens with one attached hydrogen (secondary N) is 2. The van der Waals surface area contributed by atoms with Crippen LogP contribution < -0.4 is 10.6 Å². The molecule has 2 amide bonds. The number of hydrogen-bond acceptors (Lipinski definition) is 4. The quantitative estimate of drug-likeness (QED) is 0.324. The average Bonchev–Trinajstić information content (AvgIpc) is 3.50. The third-order valence-electron chi connectivity index (χ3n) is 6.55. The van der Waals surface area contributed by atoms with Crippen molar-refractivity contribution in [1.82, 2.24) is 5.32 Å². The molecular formula is C27H23IN2O5. The Labute approximate surface area is 216 Å². The number of hydrogen-bond donors (Lipinski definition) is 3. The second kappa shape index (κ2) is 9.33. The molecule has 3 N–H and O–H groups in total. The maximum Gasteiger partial charge on any atom is 0.407 e. The van der Waals surface area contributed by atoms with Gasteiger partial charge in [-0.3, -0.25) is 4.79 Å². The minimum absolute atomic E-state index is 0.0322. The van der Waals surface area contributed by atoms with Gasteiger partial charge in [-0.05, 0) is 75.9 Å². The van der Waals surface area contributed by atoms with Crippen LogP contribution in [0.25, 0.3) is 11.1 Å². The number of fused-ring (bicyclic) bond motifs is 3. The number of alkyl carbamates (subject to hydrolysis) is 1. The molecule has 1 fully saturated rings. The van der Waals surface area contributed by atoms with Gasteiger partial charge in [0.25, 0.3) is 0 Å². The van der Waals surface area contributed by atoms with Crippen molar-refractivity contribution < 1.29 is 24.2 Å². The Morgan fingerprint density at radius 2 is 1.60 bits per heavy atom. The maximum absolute atomic E-state index is 12.7. The van der Waals surface area contributed by atoms with E-state index in [1.807, 2.05) is 46.9 Å². The van der Waals surface area contributed by atoms with Gasteiger partial charge in [0, 0.05) is 9.49 Å². The van der Waals surface area contributed by atoms with Crippen molar-refractivity contribution in [2.45, 2.75) is 30.7 Å². The van der Waals surface area contributed by atoms with E-state index in [1.165, 1.54) is 12.1 Å². The molecule has 0 unspecified atom stereocenters. The van der Waals surface area contributed by atoms with Crippen molar-refractivity contribution in [2.75, 3.05) is 11.9 Å². The summed E-state index contributed by atoms with van der Waals surface area (Å²) in [4.78, 5) is 36.6. The molecule has 3 aromatic carbocycles. The van der Waals surface area contributed by atoms with Gasteiger partial charge < -0.3 is 20.5 Å². The van der Waals surface area contributed by atoms with Gasteiger partial charge in [-0.25, -0.2) is 9.59 Å². The third-order valence-corrected chi connectivity index (χ3v) is 7.49. The Morgan fingerprint density at radius 3 is 2.20 bits per heavy atom. The predicted molar refractivity (Wildman–Crippen MR) is 140 cm³/mol. The lowest BCUT2D eigenvalue weighted by molar-refractivity contribution is -0.116. The summed E-state index contributed by atoms with van der Waals surface area (Å²) in [6.45, 7) is 0.211. The first kappa shape index (κ1) is 23.3. The highest BCUT2D eigenvalue weighted by molar-refractivity contribution is 14.1. The number of carbonyl (C=O) groups is 3. The highest BCUT2D eigenvalue weighted by atomic mass is 127. The van der Waals surface area contributed by atoms with Crippen LogP contribution in [-0.4, -0.2) is 35.2 Å². The van der Waals surface area contributed by atoms with Crippen LogP contribution in [0, 0.1) is 3.57 Å². The molecule has 0 atom stereocenters. The second-order valence-corrected chi connectivity index (χ2v) is 10.1. The van der Waals surface area contributed by atoms with Crippen molar-refractivity contribution in [3.05, 3.63) is 87.0 Å². The highest BCUT2D eigenvalue weighted by Crippen LogP contribution is 2.44. The van der Waals surface area contributed by atoms with E-state index >= 15 is 0 Å². The summed E-state index contributed by atoms with van der Waals surface area (Å²) >= 11 is 2.04. The zero-order valence-electron chi connectivity index (χ0n) is 18.7. The number of carbonyl (C=O) groups excluding carboxylic acids is 2. The largest absolute Gasteiger partial charge is 0.478 e. The summed E-state index contributed by atoms with van der Waals surface area (Å²) in [5, 5.41) is 14.8. The van der Waals surface area contributed by atoms with Crippen molar-refractivity contribution in [3.8, 4) is 11.1 Å². The Kier molecular flexibility index (Phi) is 6.22. The normalized spacial score (nSPS) is 15.0. The minimum atomic E-state index is -1.06. The summed E-state index contributed by atoms with van der Waals surface area (Å²) in [7, 11) is 0. The number of rotatable bonds is 7. The molecule has 0 spiro atoms. The van der Waals surface area contributed by atoms with E-state index in [0.717, 1.165) is 25.8 Å². The molecule has 1 saturated carbocycles. The summed E-state index contributed by atoms with van der Waals surface area (Å²) in [5.74, 6) is -1.38. The summed E-state index contributed by atoms with van der Waals surface area (Å²) < 4.78 is 6.36. The van der Waals surface area contributed by atoms with E-state index in [4.69, 9.17) is 4.74 Å². The molecule has 2 aliphatic rings. The van der Waals surface area contributed by atoms with Crippen LogP contribution in [0.4, 0.5) is 10.5 Å². The van der Waals surface area contributed by atoms with Crippen molar-refractivity contribution in [3.63, 3.8) is 0 Å². The van der Waals surface area contributed by atoms with E-state index in [2.05, 4.69) is 34.9 Å². The molecule has 0 aliphatic heterocycles. The first-order chi connectivity index (χ1) is 16.8. The topological polar surface area (TPSA) is 105 Å². The lowest BCUT2D eigenvalue weighted by Crippen LogP contribution is -2.40. The number of aromatic carboxylic acids is 1. The predicted octanol–water partition coefficient (Wildman–Crippen LogP) is 5.39. The monoisotopic (exact) mass is 582 g/mol. The molecule has 3 aromatic rings. The smallest absolute Gasteiger partial charge is 0.407 e. The highest BCUT2D eigenvalue weighted by Gasteiger charge is 2.46. The van der Waals surface area contributed by atoms with Gasteiger partial charge in [-0.15, -0.1) is 0 Å². The number of ether oxygens (including phenoxy) is 1. The maximum atomic E-state index is 12.7. The lowest BCUT2D eigenvalue weighted by atomic mass is 9.98. The molecule has 2 aliphatic carbocycles. The molecule has 0 aromatic heterocycles. The van der Waals surface area contributed by atoms with Crippen molar-refractivity contribution in [2.24, 2.45) is 0 Å². The molecule has 0 radical (unpaired) electrons. The zero-order chi connectivity index (χ0) is 24.6. The Hall–Kier alpha value is -3.40. The Morgan fingerprint density at radius 1 is 0.971 bits per heavy atom. The molecule has 7 nitrogen and oxygen atoms in total. The minimum Gasteiger partial charge on any atom is -0.478 e. The number of amides is 2. The summed E-state index contributed by atoms with van der Waals surface area (Å²) in [6.07, 6.45) is 0.901. The van der Waals surface area contributed by atoms with E-state index in [0.29, 0.717) is 18.5 Å². The molecule has 35 heavy (non-hydrogen) atoms. The number of benzene rings is 3. The number of anilines is 1. The van der Waals surface area contributed by atoms with Crippen LogP contribution in [0.2, 0.25) is 0 Å². The SMILES string of the molecule is O=C(CC1(NC(=O)OCC2c3ccccc3-c3ccccc32)CC1)Nc1cc(C(=O)O)ccc1I. The van der Waals surface area contributed by atoms with Crippen molar-refractivity contribution in [1.29, 1.82) is 0 Å². The number of carboxylic acid groups (broad SMARTS) is 1. The second-order valence-electron chi connectivity index (χ2n) is 8.96. The van der Waals surface area contributed by atoms with Crippen LogP contribution in [0.1, 0.15) is 46.7 Å². The Balaban J connectivity index is 1.19. The third kappa shape index (κ3) is 4.88. The molecule has 0 bridgehead atoms. The molecule has 178 valence electrons. The molecule has 0 saturated heterocycles. The van der Waals surface area contributed by atoms with Crippen LogP contribution in [0.3, 0.4) is 0 Å². The average molecular weight is 582 g/mol. The van der Waals surface area contributed by atoms with Crippen LogP contribution >= 0.6 is 22.6 Å². The van der Waals surface area contributed by atoms with Gasteiger partial charge in [-0.1, -0.05) is 48.5 Å². The lowest BCUT2D eigenvalue weighted by Gasteiger charge is -2.19. The fourth-order valence-electron chi connectivity index (χ4n) is 4.60. The van der Waals surface area contributed by atoms with Crippen LogP contribution in [0.15, 0.2) is 66.7 Å². The van der Waals surface area contributed by atoms with Crippen molar-refractivity contribution >= 4 is 46.2 Å². The fraction of sp³-hybridized carbons (Fsp3) is 0.222. The molecule has 8 heteroatoms. The van der Waals surface area contributed by atoms with Gasteiger partial charge in [-0.2, -0.15) is 0 Å². The van der Waals surface area contributed by atoms with Crippen LogP contribution in [-0.2, 0) is 9.53 Å². The van der Waals surface area contributed by atoms with E-state index < -0.39 is 17.6 Å². The van der Waals surface area contributed by atoms with E-state index in [1.54, 1.807) is 6.07 Å². The summed E-state index contributed by atoms with van der Waals surface area (Å²) in [5.41, 5.74) is 4.50. The summed E-state index contributed by atoms with van der Waals surface area (Å²) in [6, 6.07) is 20.8. The molecule has 0 heterocycles. The van der Waals surface area contributed by atoms with Crippen LogP contribution in [0.5, 0.6) is 0 Å². The van der Waals surface area contributed by atoms with Gasteiger partial charge in [0.2, 0.25) is 5.91 Å². The standard InChI is InChI=1S/C27H23IN2O5/c28-22-10-9-16(25(32)33)13-23(22)29-24(31)14-27(11-12-27)30-26(34)35-15-21-19-7-3-1-5-17(19)18-6-2-4-8-20(18)21/h1-10,13,21H,11-12,14-15H2,(H,29,31)(H,30,34)(H,32,33). The van der Waals surface area contributed by atoms with E-state index in [9.17, 15) is 19.5 Å². The van der Waals surface area contributed by atoms with Gasteiger partial charge in [0.05, 0.1) is 23.2 Å². The molecule has 5 rings (SSSR count).